The predicted molar refractivity (Wildman–Crippen MR) is 266 cm³/mol. The Morgan fingerprint density at radius 1 is 0.316 bits per heavy atom. The number of alkyl halides is 12. The highest BCUT2D eigenvalue weighted by Gasteiger charge is 2.43. The summed E-state index contributed by atoms with van der Waals surface area (Å²) in [5.74, 6) is -1.66. The lowest BCUT2D eigenvalue weighted by Crippen LogP contribution is -2.30. The van der Waals surface area contributed by atoms with Crippen molar-refractivity contribution in [2.75, 3.05) is 4.90 Å². The molecular weight excluding hydrogens is 1010 g/mol. The van der Waals surface area contributed by atoms with Crippen LogP contribution in [-0.2, 0) is 24.7 Å². The number of carbonyl (C=O) groups excluding carboxylic acids is 2. The third-order valence-electron chi connectivity index (χ3n) is 13.4. The van der Waals surface area contributed by atoms with Gasteiger partial charge < -0.3 is 4.57 Å². The smallest absolute Gasteiger partial charge is 0.308 e. The quantitative estimate of drug-likeness (QED) is 0.118. The maximum absolute atomic E-state index is 15.7. The molecule has 4 nitrogen and oxygen atoms in total. The summed E-state index contributed by atoms with van der Waals surface area (Å²) < 4.78 is 173. The van der Waals surface area contributed by atoms with Gasteiger partial charge in [-0.05, 0) is 105 Å². The van der Waals surface area contributed by atoms with Crippen LogP contribution >= 0.6 is 0 Å². The second-order valence-corrected chi connectivity index (χ2v) is 18.0. The fourth-order valence-electron chi connectivity index (χ4n) is 10.0. The SMILES string of the molecule is O=C1c2cccc(-n3c4cc(-c5ccc(C(F)(F)F)cc5C(F)(F)F)ccc4c4ccc(-c5ccc(C(F)(F)F)cc5C(F)(F)F)cc43)c2C(=O)N1c1c(-c2ccccc2)cc(-c2ccccc2)cc1-c1ccccc1. The number of fused-ring (bicyclic) bond motifs is 4. The van der Waals surface area contributed by atoms with Gasteiger partial charge in [0.25, 0.3) is 11.8 Å². The van der Waals surface area contributed by atoms with Crippen molar-refractivity contribution in [2.45, 2.75) is 24.7 Å². The first-order chi connectivity index (χ1) is 36.1. The minimum Gasteiger partial charge on any atom is -0.308 e. The van der Waals surface area contributed by atoms with Gasteiger partial charge in [-0.15, -0.1) is 0 Å². The number of imide groups is 1. The van der Waals surface area contributed by atoms with Gasteiger partial charge in [-0.3, -0.25) is 9.59 Å². The highest BCUT2D eigenvalue weighted by molar-refractivity contribution is 6.37. The van der Waals surface area contributed by atoms with E-state index in [4.69, 9.17) is 0 Å². The normalized spacial score (nSPS) is 13.3. The van der Waals surface area contributed by atoms with E-state index in [0.717, 1.165) is 16.0 Å². The van der Waals surface area contributed by atoms with Crippen LogP contribution in [0.4, 0.5) is 58.4 Å². The lowest BCUT2D eigenvalue weighted by molar-refractivity contribution is -0.144. The molecule has 2 amide bonds. The lowest BCUT2D eigenvalue weighted by Gasteiger charge is -2.24. The molecule has 0 saturated carbocycles. The van der Waals surface area contributed by atoms with E-state index in [1.807, 2.05) is 42.5 Å². The van der Waals surface area contributed by atoms with Crippen molar-refractivity contribution in [1.29, 1.82) is 0 Å². The number of amides is 2. The molecule has 0 bridgehead atoms. The third-order valence-corrected chi connectivity index (χ3v) is 13.4. The molecule has 1 aliphatic heterocycles. The van der Waals surface area contributed by atoms with Crippen LogP contribution in [0.1, 0.15) is 43.0 Å². The number of hydrogen-bond donors (Lipinski definition) is 0. The van der Waals surface area contributed by atoms with Gasteiger partial charge in [0.15, 0.2) is 0 Å². The van der Waals surface area contributed by atoms with Gasteiger partial charge in [0.05, 0.1) is 55.8 Å². The summed E-state index contributed by atoms with van der Waals surface area (Å²) in [5.41, 5.74) is -4.80. The molecule has 1 aliphatic rings. The van der Waals surface area contributed by atoms with Gasteiger partial charge >= 0.3 is 24.7 Å². The Morgan fingerprint density at radius 2 is 0.750 bits per heavy atom. The summed E-state index contributed by atoms with van der Waals surface area (Å²) in [6.45, 7) is 0. The molecule has 9 aromatic carbocycles. The number of anilines is 1. The number of nitrogens with zero attached hydrogens (tertiary/aromatic N) is 2. The maximum Gasteiger partial charge on any atom is 0.417 e. The number of halogens is 12. The van der Waals surface area contributed by atoms with Crippen LogP contribution in [0.5, 0.6) is 0 Å². The van der Waals surface area contributed by atoms with Crippen LogP contribution in [-0.4, -0.2) is 16.4 Å². The Balaban J connectivity index is 1.19. The van der Waals surface area contributed by atoms with Crippen molar-refractivity contribution in [3.05, 3.63) is 228 Å². The van der Waals surface area contributed by atoms with Crippen molar-refractivity contribution >= 4 is 39.3 Å². The van der Waals surface area contributed by atoms with E-state index in [-0.39, 0.29) is 67.6 Å². The molecule has 0 spiro atoms. The van der Waals surface area contributed by atoms with Gasteiger partial charge in [-0.1, -0.05) is 133 Å². The summed E-state index contributed by atoms with van der Waals surface area (Å²) in [6, 6.07) is 45.1. The standard InChI is InChI=1S/C60H32F12N2O2/c61-57(62,63)39-21-25-41(48(31-39)59(67,68)69)36-19-23-43-44-24-20-37(42-26-22-40(58(64,65)66)32-49(42)60(70,71)72)30-52(44)73(51(43)29-36)50-18-10-17-45-53(50)56(76)74(55(45)75)54-46(34-13-6-2-7-14-34)27-38(33-11-4-1-5-12-33)28-47(54)35-15-8-3-9-16-35/h1-32H. The molecule has 0 N–H and O–H groups in total. The molecule has 378 valence electrons. The minimum absolute atomic E-state index is 0.00426. The van der Waals surface area contributed by atoms with Crippen LogP contribution in [0.2, 0.25) is 0 Å². The second kappa shape index (κ2) is 17.9. The Hall–Kier alpha value is -8.92. The summed E-state index contributed by atoms with van der Waals surface area (Å²) in [7, 11) is 0. The van der Waals surface area contributed by atoms with Gasteiger partial charge in [-0.2, -0.15) is 52.7 Å². The summed E-state index contributed by atoms with van der Waals surface area (Å²) in [5, 5.41) is 0.462. The van der Waals surface area contributed by atoms with Gasteiger partial charge in [-0.25, -0.2) is 4.90 Å². The van der Waals surface area contributed by atoms with Crippen molar-refractivity contribution in [2.24, 2.45) is 0 Å². The molecular formula is C60H32F12N2O2. The van der Waals surface area contributed by atoms with E-state index in [2.05, 4.69) is 0 Å². The molecule has 1 aromatic heterocycles. The van der Waals surface area contributed by atoms with Gasteiger partial charge in [0, 0.05) is 21.9 Å². The Bertz CT molecular complexity index is 3780. The first kappa shape index (κ1) is 49.3. The van der Waals surface area contributed by atoms with Gasteiger partial charge in [0.2, 0.25) is 0 Å². The molecule has 0 fully saturated rings. The average molecular weight is 1040 g/mol. The fraction of sp³-hybridized carbons (Fsp3) is 0.0667. The van der Waals surface area contributed by atoms with Crippen LogP contribution in [0.25, 0.3) is 83.1 Å². The van der Waals surface area contributed by atoms with E-state index in [1.165, 1.54) is 59.2 Å². The van der Waals surface area contributed by atoms with Crippen molar-refractivity contribution in [1.82, 2.24) is 4.57 Å². The number of carbonyl (C=O) groups is 2. The molecule has 0 saturated heterocycles. The molecule has 10 aromatic rings. The third kappa shape index (κ3) is 8.52. The van der Waals surface area contributed by atoms with E-state index in [1.54, 1.807) is 60.7 Å². The summed E-state index contributed by atoms with van der Waals surface area (Å²) in [6.07, 6.45) is -20.9. The van der Waals surface area contributed by atoms with E-state index < -0.39 is 69.9 Å². The van der Waals surface area contributed by atoms with Gasteiger partial charge in [0.1, 0.15) is 0 Å². The molecule has 11 rings (SSSR count). The molecule has 2 heterocycles. The monoisotopic (exact) mass is 1040 g/mol. The average Bonchev–Trinajstić information content (AvgIpc) is 3.93. The van der Waals surface area contributed by atoms with Crippen molar-refractivity contribution in [3.63, 3.8) is 0 Å². The Kier molecular flexibility index (Phi) is 11.6. The summed E-state index contributed by atoms with van der Waals surface area (Å²) >= 11 is 0. The number of rotatable bonds is 7. The Morgan fingerprint density at radius 3 is 1.17 bits per heavy atom. The number of hydrogen-bond acceptors (Lipinski definition) is 2. The highest BCUT2D eigenvalue weighted by Crippen LogP contribution is 2.49. The zero-order valence-corrected chi connectivity index (χ0v) is 38.7. The number of aromatic nitrogens is 1. The topological polar surface area (TPSA) is 42.3 Å². The first-order valence-corrected chi connectivity index (χ1v) is 23.1. The molecule has 16 heteroatoms. The molecule has 76 heavy (non-hydrogen) atoms. The summed E-state index contributed by atoms with van der Waals surface area (Å²) in [4.78, 5) is 31.9. The number of benzene rings is 9. The molecule has 0 atom stereocenters. The second-order valence-electron chi connectivity index (χ2n) is 18.0. The first-order valence-electron chi connectivity index (χ1n) is 23.1. The zero-order chi connectivity index (χ0) is 53.6. The van der Waals surface area contributed by atoms with Crippen LogP contribution in [0, 0.1) is 0 Å². The van der Waals surface area contributed by atoms with Crippen LogP contribution in [0.3, 0.4) is 0 Å². The largest absolute Gasteiger partial charge is 0.417 e. The van der Waals surface area contributed by atoms with E-state index in [0.29, 0.717) is 46.5 Å². The maximum atomic E-state index is 15.7. The van der Waals surface area contributed by atoms with E-state index >= 15 is 9.59 Å². The lowest BCUT2D eigenvalue weighted by atomic mass is 9.90. The molecule has 0 unspecified atom stereocenters. The molecule has 0 aliphatic carbocycles. The molecule has 0 radical (unpaired) electrons. The predicted octanol–water partition coefficient (Wildman–Crippen LogP) is 18.0. The van der Waals surface area contributed by atoms with Crippen molar-refractivity contribution in [3.8, 4) is 61.3 Å². The minimum atomic E-state index is -5.31. The Labute approximate surface area is 423 Å². The zero-order valence-electron chi connectivity index (χ0n) is 38.7. The fourth-order valence-corrected chi connectivity index (χ4v) is 10.0. The van der Waals surface area contributed by atoms with Crippen molar-refractivity contribution < 1.29 is 62.3 Å². The van der Waals surface area contributed by atoms with Crippen LogP contribution < -0.4 is 4.90 Å². The highest BCUT2D eigenvalue weighted by atomic mass is 19.4. The van der Waals surface area contributed by atoms with E-state index in [9.17, 15) is 52.7 Å². The van der Waals surface area contributed by atoms with Crippen LogP contribution in [0.15, 0.2) is 194 Å².